The number of hydrogen-bond donors (Lipinski definition) is 1. The highest BCUT2D eigenvalue weighted by Gasteiger charge is 2.64. The first-order chi connectivity index (χ1) is 12.8. The second-order valence-electron chi connectivity index (χ2n) is 10.2. The molecule has 6 fully saturated rings. The van der Waals surface area contributed by atoms with Crippen molar-refractivity contribution in [2.45, 2.75) is 57.4 Å². The van der Waals surface area contributed by atoms with Crippen molar-refractivity contribution < 1.29 is 4.79 Å². The topological polar surface area (TPSA) is 44.7 Å². The fraction of sp³-hybridized carbons (Fsp3) is 0.818. The van der Waals surface area contributed by atoms with Gasteiger partial charge in [0.05, 0.1) is 11.8 Å². The number of amides is 2. The molecule has 1 heterocycles. The maximum absolute atomic E-state index is 12.8. The van der Waals surface area contributed by atoms with Gasteiger partial charge in [-0.3, -0.25) is 0 Å². The van der Waals surface area contributed by atoms with Gasteiger partial charge in [-0.15, -0.1) is 0 Å². The number of nitrogens with one attached hydrogen (secondary N) is 1. The fourth-order valence-corrected chi connectivity index (χ4v) is 9.18. The van der Waals surface area contributed by atoms with E-state index in [9.17, 15) is 4.79 Å². The average molecular weight is 351 g/mol. The molecule has 2 amide bonds. The van der Waals surface area contributed by atoms with Gasteiger partial charge in [-0.1, -0.05) is 0 Å². The lowest BCUT2D eigenvalue weighted by molar-refractivity contribution is 0.165. The monoisotopic (exact) mass is 351 g/mol. The molecule has 0 unspecified atom stereocenters. The van der Waals surface area contributed by atoms with E-state index < -0.39 is 0 Å². The van der Waals surface area contributed by atoms with Crippen LogP contribution >= 0.6 is 0 Å². The van der Waals surface area contributed by atoms with E-state index in [-0.39, 0.29) is 12.1 Å². The number of rotatable bonds is 0. The molecule has 4 nitrogen and oxygen atoms in total. The molecule has 0 saturated heterocycles. The van der Waals surface area contributed by atoms with Crippen molar-refractivity contribution in [2.75, 3.05) is 7.05 Å². The minimum absolute atomic E-state index is 0.0223. The number of nitrogens with zero attached hydrogens (tertiary/aromatic N) is 2. The van der Waals surface area contributed by atoms with Crippen molar-refractivity contribution in [3.05, 3.63) is 11.1 Å². The number of allylic oxidation sites excluding steroid dienone is 1. The summed E-state index contributed by atoms with van der Waals surface area (Å²) in [6, 6.07) is 0.306. The first-order valence-corrected chi connectivity index (χ1v) is 11.1. The van der Waals surface area contributed by atoms with Crippen LogP contribution in [-0.4, -0.2) is 29.8 Å². The van der Waals surface area contributed by atoms with Crippen LogP contribution in [0.4, 0.5) is 4.79 Å². The summed E-state index contributed by atoms with van der Waals surface area (Å²) in [7, 11) is 1.77. The van der Waals surface area contributed by atoms with E-state index in [0.29, 0.717) is 11.8 Å². The first kappa shape index (κ1) is 14.7. The Morgan fingerprint density at radius 3 is 2.42 bits per heavy atom. The summed E-state index contributed by atoms with van der Waals surface area (Å²) < 4.78 is 0. The van der Waals surface area contributed by atoms with Crippen molar-refractivity contribution >= 4 is 11.7 Å². The molecular weight excluding hydrogens is 322 g/mol. The maximum atomic E-state index is 12.8. The zero-order valence-corrected chi connectivity index (χ0v) is 15.7. The smallest absolute Gasteiger partial charge is 0.338 e. The van der Waals surface area contributed by atoms with Crippen molar-refractivity contribution in [3.63, 3.8) is 0 Å². The van der Waals surface area contributed by atoms with E-state index in [0.717, 1.165) is 35.5 Å². The largest absolute Gasteiger partial charge is 0.340 e. The number of urea groups is 1. The molecule has 7 rings (SSSR count). The van der Waals surface area contributed by atoms with Gasteiger partial charge < -0.3 is 5.32 Å². The molecule has 1 aliphatic heterocycles. The quantitative estimate of drug-likeness (QED) is 0.709. The molecule has 4 heteroatoms. The van der Waals surface area contributed by atoms with E-state index in [1.54, 1.807) is 18.2 Å². The Kier molecular flexibility index (Phi) is 2.68. The van der Waals surface area contributed by atoms with Crippen LogP contribution < -0.4 is 5.32 Å². The molecule has 7 aliphatic rings. The lowest BCUT2D eigenvalue weighted by Gasteiger charge is -2.36. The predicted molar refractivity (Wildman–Crippen MR) is 99.4 cm³/mol. The summed E-state index contributed by atoms with van der Waals surface area (Å²) in [6.07, 6.45) is 11.1. The van der Waals surface area contributed by atoms with Crippen LogP contribution in [-0.2, 0) is 0 Å². The normalized spacial score (nSPS) is 52.1. The van der Waals surface area contributed by atoms with E-state index in [4.69, 9.17) is 5.10 Å². The van der Waals surface area contributed by atoms with E-state index >= 15 is 0 Å². The van der Waals surface area contributed by atoms with Gasteiger partial charge in [0.1, 0.15) is 0 Å². The molecule has 0 radical (unpaired) electrons. The zero-order valence-electron chi connectivity index (χ0n) is 15.7. The SMILES string of the molecule is CNC(=O)N1N=C2C(=C3[C@@H]1[C@H]1CC[C@H]4CC[C@@H]3[C@H]41)[C@@H]1CC[C@@H]3CC[C@H]2[C@H]31. The Bertz CT molecular complexity index is 769. The Morgan fingerprint density at radius 2 is 1.62 bits per heavy atom. The minimum atomic E-state index is 0.0223. The molecule has 0 aromatic carbocycles. The molecule has 138 valence electrons. The standard InChI is InChI=1S/C22H29N3O/c1-23-22(26)25-21-15-9-5-11-3-7-13(17(11)15)19(21)18-12-6-2-10-4-8-14(16(10)12)20(18)24-25/h10-17,21H,2-9H2,1H3,(H,23,26)/t10-,11-,12-,13-,14+,15+,16-,17+,21+/m1/s1. The lowest BCUT2D eigenvalue weighted by Crippen LogP contribution is -2.47. The first-order valence-electron chi connectivity index (χ1n) is 11.1. The number of hydrazone groups is 1. The average Bonchev–Trinajstić information content (AvgIpc) is 3.43. The second kappa shape index (κ2) is 4.74. The van der Waals surface area contributed by atoms with Gasteiger partial charge in [0, 0.05) is 13.0 Å². The molecule has 6 aliphatic carbocycles. The lowest BCUT2D eigenvalue weighted by atomic mass is 9.84. The van der Waals surface area contributed by atoms with Crippen LogP contribution in [0.5, 0.6) is 0 Å². The third kappa shape index (κ3) is 1.49. The van der Waals surface area contributed by atoms with Gasteiger partial charge >= 0.3 is 6.03 Å². The second-order valence-corrected chi connectivity index (χ2v) is 10.2. The van der Waals surface area contributed by atoms with Gasteiger partial charge in [-0.25, -0.2) is 9.80 Å². The van der Waals surface area contributed by atoms with Crippen LogP contribution in [0.1, 0.15) is 51.4 Å². The van der Waals surface area contributed by atoms with Crippen molar-refractivity contribution in [2.24, 2.45) is 52.4 Å². The summed E-state index contributed by atoms with van der Waals surface area (Å²) in [6.45, 7) is 0. The molecule has 26 heavy (non-hydrogen) atoms. The van der Waals surface area contributed by atoms with Gasteiger partial charge in [-0.05, 0) is 104 Å². The van der Waals surface area contributed by atoms with E-state index in [2.05, 4.69) is 5.32 Å². The summed E-state index contributed by atoms with van der Waals surface area (Å²) in [4.78, 5) is 12.8. The van der Waals surface area contributed by atoms with Gasteiger partial charge in [0.15, 0.2) is 0 Å². The molecule has 0 aromatic rings. The highest BCUT2D eigenvalue weighted by molar-refractivity contribution is 6.07. The molecule has 9 atom stereocenters. The molecule has 0 aromatic heterocycles. The summed E-state index contributed by atoms with van der Waals surface area (Å²) in [5, 5.41) is 9.97. The minimum Gasteiger partial charge on any atom is -0.340 e. The highest BCUT2D eigenvalue weighted by Crippen LogP contribution is 2.67. The third-order valence-electron chi connectivity index (χ3n) is 9.73. The Labute approximate surface area is 155 Å². The summed E-state index contributed by atoms with van der Waals surface area (Å²) >= 11 is 0. The summed E-state index contributed by atoms with van der Waals surface area (Å²) in [5.41, 5.74) is 4.78. The van der Waals surface area contributed by atoms with Gasteiger partial charge in [0.2, 0.25) is 0 Å². The van der Waals surface area contributed by atoms with Crippen LogP contribution in [0.3, 0.4) is 0 Å². The third-order valence-corrected chi connectivity index (χ3v) is 9.73. The van der Waals surface area contributed by atoms with Crippen molar-refractivity contribution in [3.8, 4) is 0 Å². The van der Waals surface area contributed by atoms with Crippen LogP contribution in [0, 0.1) is 47.3 Å². The summed E-state index contributed by atoms with van der Waals surface area (Å²) in [5.74, 6) is 6.46. The predicted octanol–water partition coefficient (Wildman–Crippen LogP) is 3.79. The zero-order chi connectivity index (χ0) is 17.2. The van der Waals surface area contributed by atoms with Gasteiger partial charge in [0.25, 0.3) is 0 Å². The number of hydrogen-bond acceptors (Lipinski definition) is 2. The Balaban J connectivity index is 1.44. The number of fused-ring (bicyclic) bond motifs is 6. The van der Waals surface area contributed by atoms with Crippen LogP contribution in [0.2, 0.25) is 0 Å². The molecule has 6 saturated carbocycles. The van der Waals surface area contributed by atoms with Gasteiger partial charge in [-0.2, -0.15) is 5.10 Å². The fourth-order valence-electron chi connectivity index (χ4n) is 9.18. The highest BCUT2D eigenvalue weighted by atomic mass is 16.2. The van der Waals surface area contributed by atoms with Crippen LogP contribution in [0.15, 0.2) is 16.2 Å². The Hall–Kier alpha value is -1.32. The molecule has 0 bridgehead atoms. The van der Waals surface area contributed by atoms with Crippen LogP contribution in [0.25, 0.3) is 0 Å². The maximum Gasteiger partial charge on any atom is 0.338 e. The number of carbonyl (C=O) groups excluding carboxylic acids is 1. The van der Waals surface area contributed by atoms with E-state index in [1.165, 1.54) is 57.1 Å². The Morgan fingerprint density at radius 1 is 0.923 bits per heavy atom. The van der Waals surface area contributed by atoms with Crippen molar-refractivity contribution in [1.82, 2.24) is 10.3 Å². The molecule has 0 spiro atoms. The van der Waals surface area contributed by atoms with Crippen molar-refractivity contribution in [1.29, 1.82) is 0 Å². The molecule has 1 N–H and O–H groups in total. The molecular formula is C22H29N3O. The number of carbonyl (C=O) groups is 1. The van der Waals surface area contributed by atoms with E-state index in [1.807, 2.05) is 5.01 Å².